The number of amides is 1. The summed E-state index contributed by atoms with van der Waals surface area (Å²) in [7, 11) is 0. The van der Waals surface area contributed by atoms with Crippen molar-refractivity contribution in [3.8, 4) is 11.3 Å². The summed E-state index contributed by atoms with van der Waals surface area (Å²) >= 11 is 0. The van der Waals surface area contributed by atoms with E-state index in [1.54, 1.807) is 0 Å². The van der Waals surface area contributed by atoms with Gasteiger partial charge in [-0.2, -0.15) is 0 Å². The van der Waals surface area contributed by atoms with Crippen molar-refractivity contribution in [2.24, 2.45) is 0 Å². The second-order valence-electron chi connectivity index (χ2n) is 6.67. The van der Waals surface area contributed by atoms with E-state index >= 15 is 0 Å². The van der Waals surface area contributed by atoms with Crippen LogP contribution in [0.25, 0.3) is 11.3 Å². The van der Waals surface area contributed by atoms with Crippen LogP contribution in [0.5, 0.6) is 0 Å². The highest BCUT2D eigenvalue weighted by atomic mass is 35.5. The lowest BCUT2D eigenvalue weighted by atomic mass is 10.0. The van der Waals surface area contributed by atoms with E-state index in [0.717, 1.165) is 31.5 Å². The topological polar surface area (TPSA) is 79.6 Å². The molecule has 1 aromatic carbocycles. The SMILES string of the molecule is Cl.O=C(NC1CCNCC1)c1c(N2CCOCC2)noc1-c1ccccc1. The molecule has 2 aliphatic heterocycles. The lowest BCUT2D eigenvalue weighted by molar-refractivity contribution is 0.0928. The molecule has 3 heterocycles. The molecule has 146 valence electrons. The molecule has 2 N–H and O–H groups in total. The summed E-state index contributed by atoms with van der Waals surface area (Å²) in [4.78, 5) is 15.2. The Morgan fingerprint density at radius 3 is 2.56 bits per heavy atom. The fraction of sp³-hybridized carbons (Fsp3) is 0.474. The number of hydrogen-bond acceptors (Lipinski definition) is 6. The first-order chi connectivity index (χ1) is 12.8. The van der Waals surface area contributed by atoms with Crippen LogP contribution in [0.3, 0.4) is 0 Å². The monoisotopic (exact) mass is 392 g/mol. The molecule has 1 amide bonds. The summed E-state index contributed by atoms with van der Waals surface area (Å²) < 4.78 is 11.1. The summed E-state index contributed by atoms with van der Waals surface area (Å²) in [6.45, 7) is 4.52. The molecule has 8 heteroatoms. The van der Waals surface area contributed by atoms with Gasteiger partial charge in [-0.3, -0.25) is 4.79 Å². The second kappa shape index (κ2) is 9.21. The Hall–Kier alpha value is -2.09. The molecule has 27 heavy (non-hydrogen) atoms. The number of anilines is 1. The van der Waals surface area contributed by atoms with Crippen LogP contribution in [-0.4, -0.2) is 56.5 Å². The molecule has 0 atom stereocenters. The Balaban J connectivity index is 0.00000210. The first kappa shape index (κ1) is 19.7. The summed E-state index contributed by atoms with van der Waals surface area (Å²) in [5.41, 5.74) is 1.38. The maximum Gasteiger partial charge on any atom is 0.259 e. The molecule has 1 aromatic heterocycles. The molecule has 0 spiro atoms. The van der Waals surface area contributed by atoms with Gasteiger partial charge in [0, 0.05) is 24.7 Å². The van der Waals surface area contributed by atoms with Crippen LogP contribution in [0.1, 0.15) is 23.2 Å². The van der Waals surface area contributed by atoms with Gasteiger partial charge in [0.05, 0.1) is 13.2 Å². The van der Waals surface area contributed by atoms with E-state index < -0.39 is 0 Å². The minimum Gasteiger partial charge on any atom is -0.378 e. The molecule has 0 unspecified atom stereocenters. The normalized spacial score (nSPS) is 18.0. The molecular weight excluding hydrogens is 368 g/mol. The summed E-state index contributed by atoms with van der Waals surface area (Å²) in [5.74, 6) is 1.02. The third kappa shape index (κ3) is 4.43. The average Bonchev–Trinajstić information content (AvgIpc) is 3.15. The number of hydrogen-bond donors (Lipinski definition) is 2. The Morgan fingerprint density at radius 2 is 1.85 bits per heavy atom. The first-order valence-electron chi connectivity index (χ1n) is 9.22. The van der Waals surface area contributed by atoms with Crippen LogP contribution >= 0.6 is 12.4 Å². The number of piperidine rings is 1. The third-order valence-electron chi connectivity index (χ3n) is 4.92. The Labute approximate surface area is 164 Å². The number of carbonyl (C=O) groups is 1. The number of rotatable bonds is 4. The number of nitrogens with zero attached hydrogens (tertiary/aromatic N) is 2. The second-order valence-corrected chi connectivity index (χ2v) is 6.67. The van der Waals surface area contributed by atoms with Crippen molar-refractivity contribution in [1.29, 1.82) is 0 Å². The maximum atomic E-state index is 13.1. The number of ether oxygens (including phenoxy) is 1. The molecule has 0 radical (unpaired) electrons. The highest BCUT2D eigenvalue weighted by Crippen LogP contribution is 2.32. The number of nitrogens with one attached hydrogen (secondary N) is 2. The standard InChI is InChI=1S/C19H24N4O3.ClH/c24-19(21-15-6-8-20-9-7-15)16-17(14-4-2-1-3-5-14)26-22-18(16)23-10-12-25-13-11-23;/h1-5,15,20H,6-13H2,(H,21,24);1H. The van der Waals surface area contributed by atoms with Gasteiger partial charge in [0.25, 0.3) is 5.91 Å². The maximum absolute atomic E-state index is 13.1. The minimum absolute atomic E-state index is 0. The van der Waals surface area contributed by atoms with Crippen LogP contribution in [0.4, 0.5) is 5.82 Å². The molecule has 2 aliphatic rings. The van der Waals surface area contributed by atoms with Crippen molar-refractivity contribution >= 4 is 24.1 Å². The fourth-order valence-corrected chi connectivity index (χ4v) is 3.49. The minimum atomic E-state index is -0.113. The number of aromatic nitrogens is 1. The predicted octanol–water partition coefficient (Wildman–Crippen LogP) is 2.08. The van der Waals surface area contributed by atoms with Gasteiger partial charge in [-0.15, -0.1) is 12.4 Å². The van der Waals surface area contributed by atoms with Gasteiger partial charge in [-0.05, 0) is 25.9 Å². The number of benzene rings is 1. The van der Waals surface area contributed by atoms with Gasteiger partial charge in [-0.25, -0.2) is 0 Å². The molecule has 2 saturated heterocycles. The Bertz CT molecular complexity index is 741. The molecule has 4 rings (SSSR count). The Morgan fingerprint density at radius 1 is 1.15 bits per heavy atom. The molecule has 0 saturated carbocycles. The van der Waals surface area contributed by atoms with E-state index in [1.807, 2.05) is 30.3 Å². The lowest BCUT2D eigenvalue weighted by Crippen LogP contribution is -2.43. The van der Waals surface area contributed by atoms with E-state index in [-0.39, 0.29) is 24.4 Å². The molecule has 7 nitrogen and oxygen atoms in total. The van der Waals surface area contributed by atoms with Gasteiger partial charge in [-0.1, -0.05) is 35.5 Å². The van der Waals surface area contributed by atoms with Crippen LogP contribution in [0.2, 0.25) is 0 Å². The molecule has 0 aliphatic carbocycles. The van der Waals surface area contributed by atoms with Crippen molar-refractivity contribution in [1.82, 2.24) is 15.8 Å². The van der Waals surface area contributed by atoms with E-state index in [0.29, 0.717) is 43.4 Å². The lowest BCUT2D eigenvalue weighted by Gasteiger charge is -2.28. The van der Waals surface area contributed by atoms with Crippen molar-refractivity contribution in [2.75, 3.05) is 44.3 Å². The van der Waals surface area contributed by atoms with Crippen molar-refractivity contribution in [3.05, 3.63) is 35.9 Å². The highest BCUT2D eigenvalue weighted by molar-refractivity contribution is 6.04. The van der Waals surface area contributed by atoms with E-state index in [2.05, 4.69) is 20.7 Å². The summed E-state index contributed by atoms with van der Waals surface area (Å²) in [5, 5.41) is 10.7. The quantitative estimate of drug-likeness (QED) is 0.829. The van der Waals surface area contributed by atoms with Crippen LogP contribution < -0.4 is 15.5 Å². The zero-order chi connectivity index (χ0) is 17.8. The van der Waals surface area contributed by atoms with E-state index in [4.69, 9.17) is 9.26 Å². The highest BCUT2D eigenvalue weighted by Gasteiger charge is 2.30. The average molecular weight is 393 g/mol. The van der Waals surface area contributed by atoms with E-state index in [1.165, 1.54) is 0 Å². The number of carbonyl (C=O) groups excluding carboxylic acids is 1. The van der Waals surface area contributed by atoms with E-state index in [9.17, 15) is 4.79 Å². The zero-order valence-corrected chi connectivity index (χ0v) is 16.0. The van der Waals surface area contributed by atoms with Crippen molar-refractivity contribution in [2.45, 2.75) is 18.9 Å². The number of halogens is 1. The van der Waals surface area contributed by atoms with Gasteiger partial charge in [0.15, 0.2) is 11.6 Å². The van der Waals surface area contributed by atoms with Crippen LogP contribution in [0, 0.1) is 0 Å². The summed E-state index contributed by atoms with van der Waals surface area (Å²) in [6, 6.07) is 9.86. The van der Waals surface area contributed by atoms with Crippen LogP contribution in [0.15, 0.2) is 34.9 Å². The fourth-order valence-electron chi connectivity index (χ4n) is 3.49. The van der Waals surface area contributed by atoms with Gasteiger partial charge in [0.2, 0.25) is 0 Å². The molecule has 2 fully saturated rings. The predicted molar refractivity (Wildman–Crippen MR) is 106 cm³/mol. The Kier molecular flexibility index (Phi) is 6.71. The zero-order valence-electron chi connectivity index (χ0n) is 15.1. The summed E-state index contributed by atoms with van der Waals surface area (Å²) in [6.07, 6.45) is 1.87. The number of morpholine rings is 1. The smallest absolute Gasteiger partial charge is 0.259 e. The molecule has 2 aromatic rings. The first-order valence-corrected chi connectivity index (χ1v) is 9.22. The molecular formula is C19H25ClN4O3. The van der Waals surface area contributed by atoms with Gasteiger partial charge >= 0.3 is 0 Å². The van der Waals surface area contributed by atoms with Crippen molar-refractivity contribution in [3.63, 3.8) is 0 Å². The van der Waals surface area contributed by atoms with Gasteiger partial charge in [0.1, 0.15) is 5.56 Å². The van der Waals surface area contributed by atoms with Crippen molar-refractivity contribution < 1.29 is 14.1 Å². The van der Waals surface area contributed by atoms with Crippen LogP contribution in [-0.2, 0) is 4.74 Å². The largest absolute Gasteiger partial charge is 0.378 e. The molecule has 0 bridgehead atoms. The van der Waals surface area contributed by atoms with Gasteiger partial charge < -0.3 is 24.8 Å². The third-order valence-corrected chi connectivity index (χ3v) is 4.92.